The number of nitriles is 1. The lowest BCUT2D eigenvalue weighted by Gasteiger charge is -2.20. The number of halogens is 3. The van der Waals surface area contributed by atoms with Crippen molar-refractivity contribution in [3.63, 3.8) is 0 Å². The van der Waals surface area contributed by atoms with Gasteiger partial charge in [0.25, 0.3) is 0 Å². The van der Waals surface area contributed by atoms with Gasteiger partial charge in [0.15, 0.2) is 0 Å². The van der Waals surface area contributed by atoms with E-state index < -0.39 is 12.0 Å². The fraction of sp³-hybridized carbons (Fsp3) is 0.0417. The molecule has 0 spiro atoms. The molecule has 172 valence electrons. The molecule has 0 aliphatic carbocycles. The summed E-state index contributed by atoms with van der Waals surface area (Å²) in [6.07, 6.45) is 4.25. The average Bonchev–Trinajstić information content (AvgIpc) is 3.40. The summed E-state index contributed by atoms with van der Waals surface area (Å²) in [6, 6.07) is 14.0. The fourth-order valence-electron chi connectivity index (χ4n) is 3.68. The maximum Gasteiger partial charge on any atom is 0.236 e. The van der Waals surface area contributed by atoms with Crippen LogP contribution < -0.4 is 10.6 Å². The second-order valence-corrected chi connectivity index (χ2v) is 7.91. The van der Waals surface area contributed by atoms with E-state index >= 15 is 0 Å². The number of rotatable bonds is 6. The molecule has 3 heterocycles. The van der Waals surface area contributed by atoms with E-state index in [2.05, 4.69) is 42.1 Å². The van der Waals surface area contributed by atoms with Gasteiger partial charge in [0.1, 0.15) is 17.6 Å². The summed E-state index contributed by atoms with van der Waals surface area (Å²) >= 11 is 6.56. The maximum absolute atomic E-state index is 14.3. The number of hydrogen-bond donors (Lipinski definition) is 3. The minimum atomic E-state index is -0.718. The van der Waals surface area contributed by atoms with Gasteiger partial charge >= 0.3 is 0 Å². The van der Waals surface area contributed by atoms with Crippen LogP contribution in [0.1, 0.15) is 22.9 Å². The SMILES string of the molecule is N#Cc1cnc2c(Cl)cc(N[C@@H](c3ccc(F)cc3)c3cn[nH]n3)cc2c1Nc1cccnc1F. The third kappa shape index (κ3) is 4.45. The largest absolute Gasteiger partial charge is 0.373 e. The lowest BCUT2D eigenvalue weighted by Crippen LogP contribution is -2.13. The van der Waals surface area contributed by atoms with Gasteiger partial charge in [-0.15, -0.1) is 0 Å². The van der Waals surface area contributed by atoms with Gasteiger partial charge in [0.2, 0.25) is 5.95 Å². The molecule has 8 nitrogen and oxygen atoms in total. The number of hydrogen-bond acceptors (Lipinski definition) is 7. The Hall–Kier alpha value is -4.62. The molecular formula is C24H15ClF2N8. The zero-order chi connectivity index (χ0) is 24.4. The van der Waals surface area contributed by atoms with Crippen molar-refractivity contribution in [3.8, 4) is 6.07 Å². The second kappa shape index (κ2) is 9.32. The molecule has 1 atom stereocenters. The minimum absolute atomic E-state index is 0.0952. The first kappa shape index (κ1) is 22.2. The van der Waals surface area contributed by atoms with Crippen molar-refractivity contribution in [1.82, 2.24) is 25.4 Å². The number of aromatic nitrogens is 5. The Morgan fingerprint density at radius 2 is 1.89 bits per heavy atom. The van der Waals surface area contributed by atoms with Crippen molar-refractivity contribution in [2.24, 2.45) is 0 Å². The zero-order valence-corrected chi connectivity index (χ0v) is 18.6. The molecule has 3 aromatic heterocycles. The molecule has 35 heavy (non-hydrogen) atoms. The highest BCUT2D eigenvalue weighted by molar-refractivity contribution is 6.36. The molecule has 0 unspecified atom stereocenters. The minimum Gasteiger partial charge on any atom is -0.373 e. The number of nitrogens with one attached hydrogen (secondary N) is 3. The van der Waals surface area contributed by atoms with E-state index in [1.165, 1.54) is 30.6 Å². The molecule has 0 fully saturated rings. The van der Waals surface area contributed by atoms with Gasteiger partial charge in [0.05, 0.1) is 39.7 Å². The van der Waals surface area contributed by atoms with E-state index in [0.717, 1.165) is 5.56 Å². The molecule has 5 aromatic rings. The highest BCUT2D eigenvalue weighted by Crippen LogP contribution is 2.36. The topological polar surface area (TPSA) is 115 Å². The molecule has 2 aromatic carbocycles. The van der Waals surface area contributed by atoms with Gasteiger partial charge in [-0.05, 0) is 42.0 Å². The number of nitrogens with zero attached hydrogens (tertiary/aromatic N) is 5. The average molecular weight is 489 g/mol. The van der Waals surface area contributed by atoms with Gasteiger partial charge in [-0.1, -0.05) is 23.7 Å². The van der Waals surface area contributed by atoms with Crippen molar-refractivity contribution in [2.45, 2.75) is 6.04 Å². The Morgan fingerprint density at radius 3 is 2.60 bits per heavy atom. The van der Waals surface area contributed by atoms with Crippen LogP contribution in [0.3, 0.4) is 0 Å². The van der Waals surface area contributed by atoms with E-state index in [-0.39, 0.29) is 17.1 Å². The van der Waals surface area contributed by atoms with Crippen LogP contribution in [0.25, 0.3) is 10.9 Å². The molecule has 0 amide bonds. The summed E-state index contributed by atoms with van der Waals surface area (Å²) in [5.74, 6) is -1.08. The van der Waals surface area contributed by atoms with E-state index in [4.69, 9.17) is 11.6 Å². The molecule has 3 N–H and O–H groups in total. The third-order valence-electron chi connectivity index (χ3n) is 5.31. The molecule has 0 aliphatic heterocycles. The monoisotopic (exact) mass is 488 g/mol. The molecule has 0 saturated carbocycles. The van der Waals surface area contributed by atoms with Crippen LogP contribution in [0.15, 0.2) is 67.1 Å². The molecular weight excluding hydrogens is 474 g/mol. The first-order valence-electron chi connectivity index (χ1n) is 10.3. The van der Waals surface area contributed by atoms with Gasteiger partial charge in [-0.2, -0.15) is 25.1 Å². The van der Waals surface area contributed by atoms with Crippen molar-refractivity contribution < 1.29 is 8.78 Å². The summed E-state index contributed by atoms with van der Waals surface area (Å²) in [4.78, 5) is 7.96. The first-order chi connectivity index (χ1) is 17.0. The van der Waals surface area contributed by atoms with Crippen LogP contribution in [0.4, 0.5) is 25.8 Å². The van der Waals surface area contributed by atoms with Crippen molar-refractivity contribution in [1.29, 1.82) is 5.26 Å². The lowest BCUT2D eigenvalue weighted by molar-refractivity contribution is 0.588. The summed E-state index contributed by atoms with van der Waals surface area (Å²) < 4.78 is 27.8. The van der Waals surface area contributed by atoms with Crippen molar-refractivity contribution in [3.05, 3.63) is 101 Å². The summed E-state index contributed by atoms with van der Waals surface area (Å²) in [5.41, 5.74) is 2.89. The number of anilines is 3. The normalized spacial score (nSPS) is 11.7. The highest BCUT2D eigenvalue weighted by atomic mass is 35.5. The quantitative estimate of drug-likeness (QED) is 0.270. The smallest absolute Gasteiger partial charge is 0.236 e. The Balaban J connectivity index is 1.62. The Labute approximate surface area is 202 Å². The predicted octanol–water partition coefficient (Wildman–Crippen LogP) is 5.50. The summed E-state index contributed by atoms with van der Waals surface area (Å²) in [7, 11) is 0. The van der Waals surface area contributed by atoms with Gasteiger partial charge in [-0.25, -0.2) is 9.37 Å². The van der Waals surface area contributed by atoms with Crippen LogP contribution in [0.5, 0.6) is 0 Å². The third-order valence-corrected chi connectivity index (χ3v) is 5.60. The van der Waals surface area contributed by atoms with Gasteiger partial charge in [0, 0.05) is 23.5 Å². The number of pyridine rings is 2. The van der Waals surface area contributed by atoms with Crippen LogP contribution in [-0.4, -0.2) is 25.4 Å². The number of benzene rings is 2. The summed E-state index contributed by atoms with van der Waals surface area (Å²) in [5, 5.41) is 27.4. The van der Waals surface area contributed by atoms with Crippen molar-refractivity contribution in [2.75, 3.05) is 10.6 Å². The fourth-order valence-corrected chi connectivity index (χ4v) is 3.94. The number of fused-ring (bicyclic) bond motifs is 1. The lowest BCUT2D eigenvalue weighted by atomic mass is 10.0. The molecule has 0 bridgehead atoms. The molecule has 5 rings (SSSR count). The first-order valence-corrected chi connectivity index (χ1v) is 10.7. The van der Waals surface area contributed by atoms with Crippen molar-refractivity contribution >= 4 is 39.6 Å². The molecule has 0 saturated heterocycles. The Bertz CT molecular complexity index is 1550. The predicted molar refractivity (Wildman–Crippen MR) is 127 cm³/mol. The van der Waals surface area contributed by atoms with Gasteiger partial charge < -0.3 is 10.6 Å². The number of aromatic amines is 1. The van der Waals surface area contributed by atoms with E-state index in [1.807, 2.05) is 0 Å². The Kier molecular flexibility index (Phi) is 5.91. The maximum atomic E-state index is 14.3. The van der Waals surface area contributed by atoms with Gasteiger partial charge in [-0.3, -0.25) is 4.98 Å². The zero-order valence-electron chi connectivity index (χ0n) is 17.8. The molecule has 11 heteroatoms. The second-order valence-electron chi connectivity index (χ2n) is 7.50. The van der Waals surface area contributed by atoms with Crippen LogP contribution >= 0.6 is 11.6 Å². The molecule has 0 radical (unpaired) electrons. The molecule has 0 aliphatic rings. The van der Waals surface area contributed by atoms with E-state index in [1.54, 1.807) is 36.5 Å². The number of H-pyrrole nitrogens is 1. The van der Waals surface area contributed by atoms with E-state index in [0.29, 0.717) is 33.0 Å². The Morgan fingerprint density at radius 1 is 1.06 bits per heavy atom. The van der Waals surface area contributed by atoms with Crippen LogP contribution in [0, 0.1) is 23.1 Å². The van der Waals surface area contributed by atoms with E-state index in [9.17, 15) is 14.0 Å². The van der Waals surface area contributed by atoms with Crippen LogP contribution in [-0.2, 0) is 0 Å². The highest BCUT2D eigenvalue weighted by Gasteiger charge is 2.20. The summed E-state index contributed by atoms with van der Waals surface area (Å²) in [6.45, 7) is 0. The standard InChI is InChI=1S/C24H15ClF2N8/c25-18-9-16(32-22(20-12-31-35-34-20)13-3-5-15(26)6-4-13)8-17-21(14(10-28)11-30-23(17)18)33-19-2-1-7-29-24(19)27/h1-9,11-12,22,32H,(H,30,33)(H,31,34,35)/t22-/m0/s1. The van der Waals surface area contributed by atoms with Crippen LogP contribution in [0.2, 0.25) is 5.02 Å².